The van der Waals surface area contributed by atoms with E-state index in [0.717, 1.165) is 31.0 Å². The molecule has 2 aliphatic heterocycles. The van der Waals surface area contributed by atoms with Crippen molar-refractivity contribution in [1.29, 1.82) is 0 Å². The topological polar surface area (TPSA) is 47.7 Å². The molecule has 1 saturated heterocycles. The molecule has 1 fully saturated rings. The number of methoxy groups -OCH3 is 1. The summed E-state index contributed by atoms with van der Waals surface area (Å²) in [6.07, 6.45) is 1.09. The quantitative estimate of drug-likeness (QED) is 0.918. The molecule has 0 spiro atoms. The molecule has 2 aliphatic rings. The summed E-state index contributed by atoms with van der Waals surface area (Å²) in [5.74, 6) is 3.23. The minimum atomic E-state index is 0.378. The van der Waals surface area contributed by atoms with Gasteiger partial charge in [0.2, 0.25) is 0 Å². The molecule has 0 radical (unpaired) electrons. The van der Waals surface area contributed by atoms with Crippen LogP contribution in [-0.2, 0) is 0 Å². The molecule has 4 nitrogen and oxygen atoms in total. The van der Waals surface area contributed by atoms with Gasteiger partial charge in [-0.15, -0.1) is 0 Å². The van der Waals surface area contributed by atoms with Crippen LogP contribution in [0, 0.1) is 5.92 Å². The number of likely N-dealkylation sites (tertiary alicyclic amines) is 1. The Bertz CT molecular complexity index is 481. The van der Waals surface area contributed by atoms with Gasteiger partial charge in [-0.3, -0.25) is 4.90 Å². The van der Waals surface area contributed by atoms with Crippen LogP contribution in [-0.4, -0.2) is 38.1 Å². The van der Waals surface area contributed by atoms with Crippen molar-refractivity contribution in [2.45, 2.75) is 17.4 Å². The summed E-state index contributed by atoms with van der Waals surface area (Å²) in [5, 5.41) is 0. The molecule has 19 heavy (non-hydrogen) atoms. The van der Waals surface area contributed by atoms with E-state index >= 15 is 0 Å². The first-order valence-corrected chi connectivity index (χ1v) is 7.59. The highest BCUT2D eigenvalue weighted by molar-refractivity contribution is 7.99. The third-order valence-electron chi connectivity index (χ3n) is 4.05. The van der Waals surface area contributed by atoms with Gasteiger partial charge in [-0.2, -0.15) is 0 Å². The van der Waals surface area contributed by atoms with Gasteiger partial charge in [-0.25, -0.2) is 0 Å². The smallest absolute Gasteiger partial charge is 0.138 e. The Balaban J connectivity index is 1.95. The van der Waals surface area contributed by atoms with Crippen LogP contribution in [0.5, 0.6) is 11.5 Å². The third-order valence-corrected chi connectivity index (χ3v) is 4.92. The van der Waals surface area contributed by atoms with E-state index in [1.54, 1.807) is 18.9 Å². The fourth-order valence-electron chi connectivity index (χ4n) is 3.02. The maximum Gasteiger partial charge on any atom is 0.138 e. The van der Waals surface area contributed by atoms with E-state index in [1.165, 1.54) is 10.5 Å². The highest BCUT2D eigenvalue weighted by Crippen LogP contribution is 2.45. The first-order valence-electron chi connectivity index (χ1n) is 6.60. The van der Waals surface area contributed by atoms with E-state index in [2.05, 4.69) is 24.1 Å². The summed E-state index contributed by atoms with van der Waals surface area (Å²) in [6, 6.07) is 4.63. The number of ether oxygens (including phenoxy) is 2. The molecule has 2 unspecified atom stereocenters. The van der Waals surface area contributed by atoms with Gasteiger partial charge in [-0.05, 0) is 38.1 Å². The summed E-state index contributed by atoms with van der Waals surface area (Å²) < 4.78 is 11.2. The Labute approximate surface area is 118 Å². The molecule has 2 atom stereocenters. The number of fused-ring (bicyclic) bond motifs is 1. The van der Waals surface area contributed by atoms with E-state index in [0.29, 0.717) is 17.9 Å². The number of nitrogens with zero attached hydrogens (tertiary/aromatic N) is 1. The summed E-state index contributed by atoms with van der Waals surface area (Å²) >= 11 is 1.72. The van der Waals surface area contributed by atoms with Crippen molar-refractivity contribution in [2.75, 3.05) is 33.2 Å². The van der Waals surface area contributed by atoms with Crippen LogP contribution in [0.1, 0.15) is 18.0 Å². The molecule has 1 aromatic carbocycles. The first-order chi connectivity index (χ1) is 9.22. The van der Waals surface area contributed by atoms with Gasteiger partial charge in [0, 0.05) is 18.2 Å². The Kier molecular flexibility index (Phi) is 3.60. The molecular weight excluding hydrogens is 260 g/mol. The van der Waals surface area contributed by atoms with E-state index in [-0.39, 0.29) is 0 Å². The van der Waals surface area contributed by atoms with Crippen molar-refractivity contribution >= 4 is 11.8 Å². The second kappa shape index (κ2) is 5.23. The van der Waals surface area contributed by atoms with Crippen molar-refractivity contribution in [3.8, 4) is 11.5 Å². The van der Waals surface area contributed by atoms with Crippen molar-refractivity contribution in [1.82, 2.24) is 4.90 Å². The number of hydrogen-bond acceptors (Lipinski definition) is 5. The van der Waals surface area contributed by atoms with Gasteiger partial charge in [0.05, 0.1) is 12.0 Å². The fourth-order valence-corrected chi connectivity index (χ4v) is 3.78. The molecule has 1 aromatic rings. The predicted molar refractivity (Wildman–Crippen MR) is 76.9 cm³/mol. The molecule has 0 aliphatic carbocycles. The lowest BCUT2D eigenvalue weighted by molar-refractivity contribution is 0.301. The predicted octanol–water partition coefficient (Wildman–Crippen LogP) is 2.09. The second-order valence-corrected chi connectivity index (χ2v) is 6.20. The van der Waals surface area contributed by atoms with Gasteiger partial charge in [0.1, 0.15) is 17.4 Å². The van der Waals surface area contributed by atoms with Crippen molar-refractivity contribution in [2.24, 2.45) is 11.7 Å². The number of rotatable bonds is 3. The fraction of sp³-hybridized carbons (Fsp3) is 0.571. The lowest BCUT2D eigenvalue weighted by atomic mass is 9.99. The monoisotopic (exact) mass is 280 g/mol. The Morgan fingerprint density at radius 3 is 3.05 bits per heavy atom. The minimum Gasteiger partial charge on any atom is -0.496 e. The number of benzene rings is 1. The molecular formula is C14H20N2O2S. The lowest BCUT2D eigenvalue weighted by Crippen LogP contribution is -2.20. The van der Waals surface area contributed by atoms with E-state index < -0.39 is 0 Å². The van der Waals surface area contributed by atoms with Gasteiger partial charge >= 0.3 is 0 Å². The van der Waals surface area contributed by atoms with Crippen LogP contribution in [0.4, 0.5) is 0 Å². The molecule has 0 amide bonds. The number of hydrogen-bond donors (Lipinski definition) is 1. The van der Waals surface area contributed by atoms with Crippen molar-refractivity contribution in [3.63, 3.8) is 0 Å². The number of thioether (sulfide) groups is 1. The Hall–Kier alpha value is -0.910. The van der Waals surface area contributed by atoms with Crippen LogP contribution >= 0.6 is 11.8 Å². The van der Waals surface area contributed by atoms with Gasteiger partial charge in [0.15, 0.2) is 0 Å². The van der Waals surface area contributed by atoms with Crippen LogP contribution in [0.2, 0.25) is 0 Å². The molecule has 0 bridgehead atoms. The van der Waals surface area contributed by atoms with Crippen LogP contribution < -0.4 is 15.2 Å². The standard InChI is InChI=1S/C14H20N2O2S/c1-16-7-9(6-15)3-11(16)10-4-13-14(19-8-18-13)5-12(10)17-2/h4-5,9,11H,3,6-8,15H2,1-2H3. The molecule has 0 saturated carbocycles. The first kappa shape index (κ1) is 13.1. The average molecular weight is 280 g/mol. The van der Waals surface area contributed by atoms with Crippen molar-refractivity contribution in [3.05, 3.63) is 17.7 Å². The average Bonchev–Trinajstić information content (AvgIpc) is 3.02. The van der Waals surface area contributed by atoms with Crippen LogP contribution in [0.3, 0.4) is 0 Å². The SMILES string of the molecule is COc1cc2c(cc1C1CC(CN)CN1C)OCS2. The minimum absolute atomic E-state index is 0.378. The molecule has 104 valence electrons. The van der Waals surface area contributed by atoms with Crippen LogP contribution in [0.25, 0.3) is 0 Å². The second-order valence-electron chi connectivity index (χ2n) is 5.24. The van der Waals surface area contributed by atoms with E-state index in [9.17, 15) is 0 Å². The summed E-state index contributed by atoms with van der Waals surface area (Å²) in [5.41, 5.74) is 7.04. The highest BCUT2D eigenvalue weighted by atomic mass is 32.2. The Morgan fingerprint density at radius 2 is 2.37 bits per heavy atom. The van der Waals surface area contributed by atoms with Gasteiger partial charge in [-0.1, -0.05) is 11.8 Å². The van der Waals surface area contributed by atoms with Gasteiger partial charge in [0.25, 0.3) is 0 Å². The zero-order chi connectivity index (χ0) is 13.4. The van der Waals surface area contributed by atoms with Crippen LogP contribution in [0.15, 0.2) is 17.0 Å². The molecule has 0 aromatic heterocycles. The maximum atomic E-state index is 5.81. The van der Waals surface area contributed by atoms with Crippen molar-refractivity contribution < 1.29 is 9.47 Å². The highest BCUT2D eigenvalue weighted by Gasteiger charge is 2.32. The largest absolute Gasteiger partial charge is 0.496 e. The molecule has 2 N–H and O–H groups in total. The van der Waals surface area contributed by atoms with E-state index in [4.69, 9.17) is 15.2 Å². The summed E-state index contributed by atoms with van der Waals surface area (Å²) in [7, 11) is 3.89. The normalized spacial score (nSPS) is 26.3. The molecule has 2 heterocycles. The zero-order valence-electron chi connectivity index (χ0n) is 11.4. The zero-order valence-corrected chi connectivity index (χ0v) is 12.2. The molecule has 3 rings (SSSR count). The third kappa shape index (κ3) is 2.30. The summed E-state index contributed by atoms with van der Waals surface area (Å²) in [6.45, 7) is 1.80. The Morgan fingerprint density at radius 1 is 1.53 bits per heavy atom. The van der Waals surface area contributed by atoms with Gasteiger partial charge < -0.3 is 15.2 Å². The lowest BCUT2D eigenvalue weighted by Gasteiger charge is -2.22. The maximum absolute atomic E-state index is 5.81. The van der Waals surface area contributed by atoms with E-state index in [1.807, 2.05) is 0 Å². The molecule has 5 heteroatoms. The number of nitrogens with two attached hydrogens (primary N) is 1. The summed E-state index contributed by atoms with van der Waals surface area (Å²) in [4.78, 5) is 3.54.